The minimum atomic E-state index is -0.600. The Bertz CT molecular complexity index is 960. The molecule has 0 unspecified atom stereocenters. The number of carbonyl (C=O) groups is 2. The van der Waals surface area contributed by atoms with E-state index in [0.29, 0.717) is 23.7 Å². The predicted octanol–water partition coefficient (Wildman–Crippen LogP) is 4.29. The molecule has 3 aromatic rings. The van der Waals surface area contributed by atoms with Crippen molar-refractivity contribution >= 4 is 22.5 Å². The molecule has 0 saturated heterocycles. The third-order valence-corrected chi connectivity index (χ3v) is 4.11. The minimum absolute atomic E-state index is 0.286. The van der Waals surface area contributed by atoms with E-state index in [0.717, 1.165) is 10.8 Å². The van der Waals surface area contributed by atoms with Crippen LogP contribution in [0, 0.1) is 0 Å². The molecule has 0 aliphatic carbocycles. The fourth-order valence-corrected chi connectivity index (χ4v) is 2.74. The van der Waals surface area contributed by atoms with Gasteiger partial charge in [0.1, 0.15) is 17.1 Å². The van der Waals surface area contributed by atoms with Gasteiger partial charge in [-0.25, -0.2) is 4.79 Å². The molecule has 0 aliphatic heterocycles. The first kappa shape index (κ1) is 18.5. The predicted molar refractivity (Wildman–Crippen MR) is 103 cm³/mol. The molecule has 138 valence electrons. The summed E-state index contributed by atoms with van der Waals surface area (Å²) in [6.45, 7) is 2.10. The molecule has 3 rings (SSSR count). The van der Waals surface area contributed by atoms with Crippen LogP contribution >= 0.6 is 0 Å². The van der Waals surface area contributed by atoms with Gasteiger partial charge in [0.2, 0.25) is 0 Å². The van der Waals surface area contributed by atoms with Crippen molar-refractivity contribution in [1.29, 1.82) is 0 Å². The summed E-state index contributed by atoms with van der Waals surface area (Å²) in [6, 6.07) is 17.8. The van der Waals surface area contributed by atoms with Gasteiger partial charge < -0.3 is 14.2 Å². The molecule has 27 heavy (non-hydrogen) atoms. The van der Waals surface area contributed by atoms with Crippen LogP contribution in [0.3, 0.4) is 0 Å². The number of methoxy groups -OCH3 is 1. The van der Waals surface area contributed by atoms with E-state index in [2.05, 4.69) is 0 Å². The van der Waals surface area contributed by atoms with Crippen LogP contribution in [0.2, 0.25) is 0 Å². The zero-order valence-electron chi connectivity index (χ0n) is 15.2. The molecule has 0 fully saturated rings. The molecule has 5 heteroatoms. The van der Waals surface area contributed by atoms with Gasteiger partial charge in [0.05, 0.1) is 13.7 Å². The molecule has 0 saturated carbocycles. The van der Waals surface area contributed by atoms with Gasteiger partial charge in [-0.05, 0) is 54.1 Å². The first-order valence-electron chi connectivity index (χ1n) is 8.62. The zero-order chi connectivity index (χ0) is 19.2. The summed E-state index contributed by atoms with van der Waals surface area (Å²) in [5.41, 5.74) is 0.743. The van der Waals surface area contributed by atoms with Crippen LogP contribution in [0.15, 0.2) is 60.7 Å². The molecule has 0 bridgehead atoms. The van der Waals surface area contributed by atoms with Crippen molar-refractivity contribution in [2.24, 2.45) is 0 Å². The van der Waals surface area contributed by atoms with Crippen LogP contribution in [0.4, 0.5) is 0 Å². The van der Waals surface area contributed by atoms with E-state index in [9.17, 15) is 9.59 Å². The lowest BCUT2D eigenvalue weighted by molar-refractivity contribution is 0.0471. The normalized spacial score (nSPS) is 10.4. The topological polar surface area (TPSA) is 61.8 Å². The van der Waals surface area contributed by atoms with Gasteiger partial charge in [0.25, 0.3) is 0 Å². The summed E-state index contributed by atoms with van der Waals surface area (Å²) in [4.78, 5) is 24.7. The number of Topliss-reactive ketones (excluding diaryl/α,β-unsaturated/α-hetero) is 1. The zero-order valence-corrected chi connectivity index (χ0v) is 15.2. The van der Waals surface area contributed by atoms with Crippen molar-refractivity contribution < 1.29 is 23.8 Å². The van der Waals surface area contributed by atoms with Crippen LogP contribution in [-0.2, 0) is 4.74 Å². The van der Waals surface area contributed by atoms with Crippen LogP contribution in [0.25, 0.3) is 10.8 Å². The van der Waals surface area contributed by atoms with Gasteiger partial charge in [0.15, 0.2) is 12.4 Å². The number of carbonyl (C=O) groups excluding carboxylic acids is 2. The molecule has 0 atom stereocenters. The maximum Gasteiger partial charge on any atom is 0.342 e. The summed E-state index contributed by atoms with van der Waals surface area (Å²) in [5, 5.41) is 1.85. The maximum absolute atomic E-state index is 12.5. The molecular weight excluding hydrogens is 344 g/mol. The molecule has 0 heterocycles. The van der Waals surface area contributed by atoms with Crippen molar-refractivity contribution in [3.05, 3.63) is 71.8 Å². The average molecular weight is 364 g/mol. The summed E-state index contributed by atoms with van der Waals surface area (Å²) >= 11 is 0. The summed E-state index contributed by atoms with van der Waals surface area (Å²) < 4.78 is 15.9. The lowest BCUT2D eigenvalue weighted by Gasteiger charge is -2.10. The van der Waals surface area contributed by atoms with Gasteiger partial charge >= 0.3 is 5.97 Å². The Labute approximate surface area is 157 Å². The number of ether oxygens (including phenoxy) is 3. The van der Waals surface area contributed by atoms with Gasteiger partial charge in [-0.1, -0.05) is 24.3 Å². The summed E-state index contributed by atoms with van der Waals surface area (Å²) in [7, 11) is 1.49. The first-order valence-corrected chi connectivity index (χ1v) is 8.62. The maximum atomic E-state index is 12.5. The highest BCUT2D eigenvalue weighted by atomic mass is 16.5. The van der Waals surface area contributed by atoms with Crippen molar-refractivity contribution in [1.82, 2.24) is 0 Å². The van der Waals surface area contributed by atoms with Gasteiger partial charge in [-0.2, -0.15) is 0 Å². The second-order valence-electron chi connectivity index (χ2n) is 5.86. The van der Waals surface area contributed by atoms with E-state index < -0.39 is 5.97 Å². The van der Waals surface area contributed by atoms with E-state index in [-0.39, 0.29) is 18.0 Å². The lowest BCUT2D eigenvalue weighted by Crippen LogP contribution is -2.15. The fraction of sp³-hybridized carbons (Fsp3) is 0.182. The summed E-state index contributed by atoms with van der Waals surface area (Å²) in [6.07, 6.45) is 0. The van der Waals surface area contributed by atoms with E-state index in [1.54, 1.807) is 36.4 Å². The Balaban J connectivity index is 1.71. The standard InChI is InChI=1S/C22H20O5/c1-3-26-18-10-8-15(9-11-18)20(23)14-27-22(24)19-12-16-6-4-5-7-17(16)13-21(19)25-2/h4-13H,3,14H2,1-2H3. The third-order valence-electron chi connectivity index (χ3n) is 4.11. The molecule has 0 N–H and O–H groups in total. The second kappa shape index (κ2) is 8.36. The number of benzene rings is 3. The molecule has 0 radical (unpaired) electrons. The number of hydrogen-bond donors (Lipinski definition) is 0. The largest absolute Gasteiger partial charge is 0.496 e. The number of rotatable bonds is 7. The molecule has 0 aliphatic rings. The Morgan fingerprint density at radius 1 is 0.926 bits per heavy atom. The molecule has 0 aromatic heterocycles. The molecule has 0 amide bonds. The third kappa shape index (κ3) is 4.26. The molecule has 3 aromatic carbocycles. The Morgan fingerprint density at radius 2 is 1.59 bits per heavy atom. The van der Waals surface area contributed by atoms with Gasteiger partial charge in [-0.15, -0.1) is 0 Å². The highest BCUT2D eigenvalue weighted by molar-refractivity contribution is 6.02. The smallest absolute Gasteiger partial charge is 0.342 e. The number of esters is 1. The van der Waals surface area contributed by atoms with Crippen molar-refractivity contribution in [2.45, 2.75) is 6.92 Å². The lowest BCUT2D eigenvalue weighted by atomic mass is 10.1. The quantitative estimate of drug-likeness (QED) is 0.462. The Morgan fingerprint density at radius 3 is 2.22 bits per heavy atom. The van der Waals surface area contributed by atoms with E-state index >= 15 is 0 Å². The van der Waals surface area contributed by atoms with E-state index in [4.69, 9.17) is 14.2 Å². The Kier molecular flexibility index (Phi) is 5.71. The van der Waals surface area contributed by atoms with E-state index in [1.807, 2.05) is 31.2 Å². The highest BCUT2D eigenvalue weighted by Gasteiger charge is 2.17. The van der Waals surface area contributed by atoms with Gasteiger partial charge in [-0.3, -0.25) is 4.79 Å². The Hall–Kier alpha value is -3.34. The summed E-state index contributed by atoms with van der Waals surface area (Å²) in [5.74, 6) is 0.210. The molecule has 5 nitrogen and oxygen atoms in total. The highest BCUT2D eigenvalue weighted by Crippen LogP contribution is 2.26. The van der Waals surface area contributed by atoms with E-state index in [1.165, 1.54) is 7.11 Å². The van der Waals surface area contributed by atoms with Gasteiger partial charge in [0, 0.05) is 5.56 Å². The van der Waals surface area contributed by atoms with Crippen LogP contribution in [0.5, 0.6) is 11.5 Å². The fourth-order valence-electron chi connectivity index (χ4n) is 2.74. The number of ketones is 1. The van der Waals surface area contributed by atoms with Crippen LogP contribution < -0.4 is 9.47 Å². The molecular formula is C22H20O5. The first-order chi connectivity index (χ1) is 13.1. The van der Waals surface area contributed by atoms with Crippen molar-refractivity contribution in [2.75, 3.05) is 20.3 Å². The van der Waals surface area contributed by atoms with Crippen LogP contribution in [-0.4, -0.2) is 32.1 Å². The molecule has 0 spiro atoms. The van der Waals surface area contributed by atoms with Crippen molar-refractivity contribution in [3.63, 3.8) is 0 Å². The average Bonchev–Trinajstić information content (AvgIpc) is 2.71. The van der Waals surface area contributed by atoms with Crippen molar-refractivity contribution in [3.8, 4) is 11.5 Å². The monoisotopic (exact) mass is 364 g/mol. The second-order valence-corrected chi connectivity index (χ2v) is 5.86. The minimum Gasteiger partial charge on any atom is -0.496 e. The number of fused-ring (bicyclic) bond motifs is 1. The SMILES string of the molecule is CCOc1ccc(C(=O)COC(=O)c2cc3ccccc3cc2OC)cc1. The number of hydrogen-bond acceptors (Lipinski definition) is 5. The van der Waals surface area contributed by atoms with Crippen LogP contribution in [0.1, 0.15) is 27.6 Å².